The van der Waals surface area contributed by atoms with Gasteiger partial charge in [0, 0.05) is 19.7 Å². The summed E-state index contributed by atoms with van der Waals surface area (Å²) in [4.78, 5) is 10.1. The van der Waals surface area contributed by atoms with E-state index in [9.17, 15) is 18.5 Å². The molecule has 0 unspecified atom stereocenters. The van der Waals surface area contributed by atoms with Gasteiger partial charge in [-0.2, -0.15) is 0 Å². The lowest BCUT2D eigenvalue weighted by atomic mass is 9.82. The molecule has 1 aromatic carbocycles. The molecule has 1 fully saturated rings. The van der Waals surface area contributed by atoms with E-state index in [2.05, 4.69) is 5.32 Å². The van der Waals surface area contributed by atoms with Gasteiger partial charge in [-0.25, -0.2) is 13.6 Å². The lowest BCUT2D eigenvalue weighted by molar-refractivity contribution is -0.384. The SMILES string of the molecule is CO[C@H]1C[C@H](CNc2ccc(S(N)(=O)=O)cc2[N+](=O)[O-])C1. The average Bonchev–Trinajstić information content (AvgIpc) is 2.35. The van der Waals surface area contributed by atoms with Crippen LogP contribution in [0.15, 0.2) is 23.1 Å². The lowest BCUT2D eigenvalue weighted by Crippen LogP contribution is -2.34. The first-order chi connectivity index (χ1) is 9.81. The summed E-state index contributed by atoms with van der Waals surface area (Å²) in [5, 5.41) is 19.0. The molecule has 0 aliphatic heterocycles. The highest BCUT2D eigenvalue weighted by Crippen LogP contribution is 2.32. The number of nitrogens with two attached hydrogens (primary N) is 1. The van der Waals surface area contributed by atoms with Crippen molar-refractivity contribution in [3.8, 4) is 0 Å². The number of nitro groups is 1. The summed E-state index contributed by atoms with van der Waals surface area (Å²) >= 11 is 0. The van der Waals surface area contributed by atoms with Crippen LogP contribution in [-0.4, -0.2) is 33.1 Å². The molecule has 1 aliphatic carbocycles. The van der Waals surface area contributed by atoms with E-state index in [1.165, 1.54) is 12.1 Å². The van der Waals surface area contributed by atoms with Gasteiger partial charge < -0.3 is 10.1 Å². The quantitative estimate of drug-likeness (QED) is 0.598. The molecular weight excluding hydrogens is 298 g/mol. The second-order valence-electron chi connectivity index (χ2n) is 5.06. The Balaban J connectivity index is 2.10. The highest BCUT2D eigenvalue weighted by atomic mass is 32.2. The minimum atomic E-state index is -3.96. The van der Waals surface area contributed by atoms with Crippen LogP contribution in [0.25, 0.3) is 0 Å². The molecule has 2 rings (SSSR count). The number of methoxy groups -OCH3 is 1. The number of ether oxygens (including phenoxy) is 1. The third kappa shape index (κ3) is 3.69. The first kappa shape index (κ1) is 15.7. The van der Waals surface area contributed by atoms with Crippen molar-refractivity contribution in [3.63, 3.8) is 0 Å². The third-order valence-electron chi connectivity index (χ3n) is 3.60. The molecule has 9 heteroatoms. The summed E-state index contributed by atoms with van der Waals surface area (Å²) < 4.78 is 27.6. The first-order valence-electron chi connectivity index (χ1n) is 6.39. The Morgan fingerprint density at radius 2 is 2.14 bits per heavy atom. The van der Waals surface area contributed by atoms with Gasteiger partial charge in [-0.15, -0.1) is 0 Å². The van der Waals surface area contributed by atoms with Crippen LogP contribution >= 0.6 is 0 Å². The standard InChI is InChI=1S/C12H17N3O5S/c1-20-9-4-8(5-9)7-14-11-3-2-10(21(13,18)19)6-12(11)15(16)17/h2-3,6,8-9,14H,4-5,7H2,1H3,(H2,13,18,19)/t8-,9-. The number of benzene rings is 1. The van der Waals surface area contributed by atoms with Gasteiger partial charge in [-0.05, 0) is 30.9 Å². The number of nitrogens with one attached hydrogen (secondary N) is 1. The molecule has 0 bridgehead atoms. The van der Waals surface area contributed by atoms with Crippen molar-refractivity contribution in [2.45, 2.75) is 23.8 Å². The number of nitro benzene ring substituents is 1. The van der Waals surface area contributed by atoms with E-state index in [1.54, 1.807) is 7.11 Å². The van der Waals surface area contributed by atoms with Crippen LogP contribution in [0.2, 0.25) is 0 Å². The molecule has 0 radical (unpaired) electrons. The number of hydrogen-bond acceptors (Lipinski definition) is 6. The molecule has 3 N–H and O–H groups in total. The molecule has 116 valence electrons. The van der Waals surface area contributed by atoms with Gasteiger partial charge in [-0.1, -0.05) is 0 Å². The van der Waals surface area contributed by atoms with Crippen molar-refractivity contribution < 1.29 is 18.1 Å². The zero-order valence-electron chi connectivity index (χ0n) is 11.5. The molecule has 1 saturated carbocycles. The molecular formula is C12H17N3O5S. The summed E-state index contributed by atoms with van der Waals surface area (Å²) in [6.45, 7) is 0.579. The second-order valence-corrected chi connectivity index (χ2v) is 6.62. The van der Waals surface area contributed by atoms with Crippen LogP contribution < -0.4 is 10.5 Å². The molecule has 0 spiro atoms. The Labute approximate surface area is 122 Å². The van der Waals surface area contributed by atoms with E-state index in [1.807, 2.05) is 0 Å². The minimum absolute atomic E-state index is 0.261. The minimum Gasteiger partial charge on any atom is -0.381 e. The van der Waals surface area contributed by atoms with Crippen LogP contribution in [0.3, 0.4) is 0 Å². The number of nitrogens with zero attached hydrogens (tertiary/aromatic N) is 1. The monoisotopic (exact) mass is 315 g/mol. The van der Waals surface area contributed by atoms with Gasteiger partial charge >= 0.3 is 0 Å². The van der Waals surface area contributed by atoms with Crippen LogP contribution in [0.4, 0.5) is 11.4 Å². The molecule has 1 aliphatic rings. The summed E-state index contributed by atoms with van der Waals surface area (Å²) in [5.74, 6) is 0.396. The summed E-state index contributed by atoms with van der Waals surface area (Å²) in [7, 11) is -2.30. The Hall–Kier alpha value is -1.71. The zero-order chi connectivity index (χ0) is 15.6. The van der Waals surface area contributed by atoms with Gasteiger partial charge in [0.05, 0.1) is 15.9 Å². The molecule has 0 aromatic heterocycles. The van der Waals surface area contributed by atoms with Crippen molar-refractivity contribution in [2.24, 2.45) is 11.1 Å². The van der Waals surface area contributed by atoms with Crippen molar-refractivity contribution in [1.29, 1.82) is 0 Å². The Morgan fingerprint density at radius 1 is 1.48 bits per heavy atom. The van der Waals surface area contributed by atoms with Crippen molar-refractivity contribution in [3.05, 3.63) is 28.3 Å². The van der Waals surface area contributed by atoms with E-state index in [-0.39, 0.29) is 22.4 Å². The van der Waals surface area contributed by atoms with Crippen LogP contribution in [-0.2, 0) is 14.8 Å². The molecule has 0 saturated heterocycles. The van der Waals surface area contributed by atoms with Crippen LogP contribution in [0, 0.1) is 16.0 Å². The van der Waals surface area contributed by atoms with Gasteiger partial charge in [0.15, 0.2) is 0 Å². The maximum atomic E-state index is 11.2. The molecule has 21 heavy (non-hydrogen) atoms. The lowest BCUT2D eigenvalue weighted by Gasteiger charge is -2.34. The van der Waals surface area contributed by atoms with Gasteiger partial charge in [0.1, 0.15) is 5.69 Å². The van der Waals surface area contributed by atoms with E-state index in [0.29, 0.717) is 12.5 Å². The summed E-state index contributed by atoms with van der Waals surface area (Å²) in [6, 6.07) is 3.59. The number of anilines is 1. The number of rotatable bonds is 6. The van der Waals surface area contributed by atoms with Crippen molar-refractivity contribution >= 4 is 21.4 Å². The first-order valence-corrected chi connectivity index (χ1v) is 7.94. The fourth-order valence-corrected chi connectivity index (χ4v) is 2.81. The van der Waals surface area contributed by atoms with Gasteiger partial charge in [0.25, 0.3) is 5.69 Å². The van der Waals surface area contributed by atoms with Gasteiger partial charge in [0.2, 0.25) is 10.0 Å². The van der Waals surface area contributed by atoms with E-state index in [0.717, 1.165) is 18.9 Å². The van der Waals surface area contributed by atoms with E-state index >= 15 is 0 Å². The molecule has 8 nitrogen and oxygen atoms in total. The predicted molar refractivity (Wildman–Crippen MR) is 76.5 cm³/mol. The predicted octanol–water partition coefficient (Wildman–Crippen LogP) is 1.08. The van der Waals surface area contributed by atoms with Crippen LogP contribution in [0.5, 0.6) is 0 Å². The summed E-state index contributed by atoms with van der Waals surface area (Å²) in [6.07, 6.45) is 2.08. The molecule has 0 amide bonds. The maximum Gasteiger partial charge on any atom is 0.293 e. The average molecular weight is 315 g/mol. The molecule has 0 atom stereocenters. The van der Waals surface area contributed by atoms with Crippen molar-refractivity contribution in [1.82, 2.24) is 0 Å². The number of primary sulfonamides is 1. The largest absolute Gasteiger partial charge is 0.381 e. The Bertz CT molecular complexity index is 640. The smallest absolute Gasteiger partial charge is 0.293 e. The van der Waals surface area contributed by atoms with E-state index in [4.69, 9.17) is 9.88 Å². The van der Waals surface area contributed by atoms with Gasteiger partial charge in [-0.3, -0.25) is 10.1 Å². The second kappa shape index (κ2) is 5.96. The maximum absolute atomic E-state index is 11.2. The zero-order valence-corrected chi connectivity index (χ0v) is 12.3. The summed E-state index contributed by atoms with van der Waals surface area (Å²) in [5.41, 5.74) is -0.0163. The highest BCUT2D eigenvalue weighted by molar-refractivity contribution is 7.89. The number of sulfonamides is 1. The Kier molecular flexibility index (Phi) is 4.45. The van der Waals surface area contributed by atoms with Crippen LogP contribution in [0.1, 0.15) is 12.8 Å². The topological polar surface area (TPSA) is 125 Å². The molecule has 1 aromatic rings. The molecule has 0 heterocycles. The fraction of sp³-hybridized carbons (Fsp3) is 0.500. The number of hydrogen-bond donors (Lipinski definition) is 2. The van der Waals surface area contributed by atoms with E-state index < -0.39 is 14.9 Å². The highest BCUT2D eigenvalue weighted by Gasteiger charge is 2.29. The third-order valence-corrected chi connectivity index (χ3v) is 4.51. The van der Waals surface area contributed by atoms with Crippen molar-refractivity contribution in [2.75, 3.05) is 19.0 Å². The normalized spacial score (nSPS) is 21.6. The fourth-order valence-electron chi connectivity index (χ4n) is 2.28. The Morgan fingerprint density at radius 3 is 2.67 bits per heavy atom.